The molecule has 2 aromatic rings. The molecule has 102 valence electrons. The summed E-state index contributed by atoms with van der Waals surface area (Å²) in [5.41, 5.74) is 1.42. The Kier molecular flexibility index (Phi) is 4.30. The number of nitrogens with zero attached hydrogens (tertiary/aromatic N) is 1. The van der Waals surface area contributed by atoms with Crippen LogP contribution >= 0.6 is 15.9 Å². The lowest BCUT2D eigenvalue weighted by atomic mass is 10.2. The summed E-state index contributed by atoms with van der Waals surface area (Å²) in [5.74, 6) is -3.92. The Hall–Kier alpha value is -2.00. The van der Waals surface area contributed by atoms with Crippen molar-refractivity contribution in [2.24, 2.45) is 0 Å². The Labute approximate surface area is 122 Å². The first-order chi connectivity index (χ1) is 9.51. The van der Waals surface area contributed by atoms with E-state index in [2.05, 4.69) is 21.2 Å². The van der Waals surface area contributed by atoms with Gasteiger partial charge in [-0.15, -0.1) is 0 Å². The summed E-state index contributed by atoms with van der Waals surface area (Å²) in [6, 6.07) is 8.75. The fourth-order valence-corrected chi connectivity index (χ4v) is 2.15. The largest absolute Gasteiger partial charge is 0.380 e. The van der Waals surface area contributed by atoms with Gasteiger partial charge in [0.15, 0.2) is 17.5 Å². The van der Waals surface area contributed by atoms with Crippen molar-refractivity contribution in [3.05, 3.63) is 63.4 Å². The number of hydrogen-bond donors (Lipinski definition) is 1. The van der Waals surface area contributed by atoms with Gasteiger partial charge in [0.2, 0.25) is 0 Å². The summed E-state index contributed by atoms with van der Waals surface area (Å²) in [4.78, 5) is 0. The van der Waals surface area contributed by atoms with Gasteiger partial charge in [0.05, 0.1) is 11.6 Å². The van der Waals surface area contributed by atoms with Crippen molar-refractivity contribution in [2.45, 2.75) is 6.54 Å². The molecule has 0 saturated carbocycles. The molecule has 0 aliphatic rings. The van der Waals surface area contributed by atoms with E-state index in [4.69, 9.17) is 5.26 Å². The molecule has 0 heterocycles. The Bertz CT molecular complexity index is 672. The van der Waals surface area contributed by atoms with Crippen molar-refractivity contribution in [2.75, 3.05) is 5.32 Å². The lowest BCUT2D eigenvalue weighted by Gasteiger charge is -2.09. The molecule has 0 aliphatic heterocycles. The zero-order valence-electron chi connectivity index (χ0n) is 10.1. The SMILES string of the molecule is N#Cc1ccc(NCc2cc(F)c(F)c(F)c2)c(Br)c1. The number of anilines is 1. The molecular weight excluding hydrogens is 333 g/mol. The highest BCUT2D eigenvalue weighted by Gasteiger charge is 2.10. The second-order valence-corrected chi connectivity index (χ2v) is 4.89. The fraction of sp³-hybridized carbons (Fsp3) is 0.0714. The Morgan fingerprint density at radius 2 is 1.75 bits per heavy atom. The van der Waals surface area contributed by atoms with Gasteiger partial charge in [-0.1, -0.05) is 0 Å². The number of nitriles is 1. The van der Waals surface area contributed by atoms with Gasteiger partial charge in [0, 0.05) is 16.7 Å². The first kappa shape index (κ1) is 14.4. The molecule has 0 fully saturated rings. The summed E-state index contributed by atoms with van der Waals surface area (Å²) >= 11 is 3.28. The summed E-state index contributed by atoms with van der Waals surface area (Å²) < 4.78 is 39.6. The van der Waals surface area contributed by atoms with E-state index in [0.29, 0.717) is 15.7 Å². The number of rotatable bonds is 3. The van der Waals surface area contributed by atoms with Crippen LogP contribution in [0.4, 0.5) is 18.9 Å². The van der Waals surface area contributed by atoms with Crippen LogP contribution in [0, 0.1) is 28.8 Å². The zero-order chi connectivity index (χ0) is 14.7. The summed E-state index contributed by atoms with van der Waals surface area (Å²) in [6.45, 7) is 0.124. The highest BCUT2D eigenvalue weighted by molar-refractivity contribution is 9.10. The van der Waals surface area contributed by atoms with Gasteiger partial charge in [-0.05, 0) is 51.8 Å². The Morgan fingerprint density at radius 1 is 1.10 bits per heavy atom. The van der Waals surface area contributed by atoms with Crippen LogP contribution in [-0.2, 0) is 6.54 Å². The zero-order valence-corrected chi connectivity index (χ0v) is 11.6. The third kappa shape index (κ3) is 3.11. The average Bonchev–Trinajstić information content (AvgIpc) is 2.43. The molecule has 20 heavy (non-hydrogen) atoms. The molecule has 0 aromatic heterocycles. The van der Waals surface area contributed by atoms with Crippen LogP contribution < -0.4 is 5.32 Å². The van der Waals surface area contributed by atoms with Crippen molar-refractivity contribution >= 4 is 21.6 Å². The lowest BCUT2D eigenvalue weighted by Crippen LogP contribution is -2.03. The minimum atomic E-state index is -1.48. The quantitative estimate of drug-likeness (QED) is 0.843. The Balaban J connectivity index is 2.15. The number of hydrogen-bond acceptors (Lipinski definition) is 2. The molecule has 0 amide bonds. The first-order valence-electron chi connectivity index (χ1n) is 5.58. The minimum absolute atomic E-state index is 0.124. The molecule has 0 saturated heterocycles. The molecule has 0 aliphatic carbocycles. The summed E-state index contributed by atoms with van der Waals surface area (Å²) in [7, 11) is 0. The van der Waals surface area contributed by atoms with E-state index in [1.165, 1.54) is 0 Å². The predicted octanol–water partition coefficient (Wildman–Crippen LogP) is 4.35. The van der Waals surface area contributed by atoms with E-state index in [9.17, 15) is 13.2 Å². The normalized spacial score (nSPS) is 10.2. The van der Waals surface area contributed by atoms with Crippen molar-refractivity contribution < 1.29 is 13.2 Å². The topological polar surface area (TPSA) is 35.8 Å². The maximum Gasteiger partial charge on any atom is 0.194 e. The molecule has 2 rings (SSSR count). The predicted molar refractivity (Wildman–Crippen MR) is 72.5 cm³/mol. The standard InChI is InChI=1S/C14H8BrF3N2/c15-10-3-8(6-19)1-2-13(10)20-7-9-4-11(16)14(18)12(17)5-9/h1-5,20H,7H2. The minimum Gasteiger partial charge on any atom is -0.380 e. The van der Waals surface area contributed by atoms with E-state index < -0.39 is 17.5 Å². The fourth-order valence-electron chi connectivity index (χ4n) is 1.64. The van der Waals surface area contributed by atoms with Gasteiger partial charge >= 0.3 is 0 Å². The summed E-state index contributed by atoms with van der Waals surface area (Å²) in [6.07, 6.45) is 0. The Morgan fingerprint density at radius 3 is 2.30 bits per heavy atom. The third-order valence-corrected chi connectivity index (χ3v) is 3.28. The number of benzene rings is 2. The van der Waals surface area contributed by atoms with Crippen LogP contribution in [0.25, 0.3) is 0 Å². The molecule has 0 radical (unpaired) electrons. The smallest absolute Gasteiger partial charge is 0.194 e. The molecule has 6 heteroatoms. The van der Waals surface area contributed by atoms with Crippen LogP contribution in [-0.4, -0.2) is 0 Å². The van der Waals surface area contributed by atoms with Gasteiger partial charge < -0.3 is 5.32 Å². The number of nitrogens with one attached hydrogen (secondary N) is 1. The van der Waals surface area contributed by atoms with Crippen LogP contribution in [0.3, 0.4) is 0 Å². The monoisotopic (exact) mass is 340 g/mol. The third-order valence-electron chi connectivity index (χ3n) is 2.62. The molecule has 2 nitrogen and oxygen atoms in total. The molecule has 0 spiro atoms. The second kappa shape index (κ2) is 5.97. The first-order valence-corrected chi connectivity index (χ1v) is 6.37. The van der Waals surface area contributed by atoms with Crippen molar-refractivity contribution in [1.82, 2.24) is 0 Å². The maximum atomic E-state index is 13.1. The van der Waals surface area contributed by atoms with Crippen molar-refractivity contribution in [1.29, 1.82) is 5.26 Å². The van der Waals surface area contributed by atoms with Gasteiger partial charge in [0.25, 0.3) is 0 Å². The average molecular weight is 341 g/mol. The van der Waals surface area contributed by atoms with Crippen LogP contribution in [0.15, 0.2) is 34.8 Å². The van der Waals surface area contributed by atoms with Gasteiger partial charge in [-0.2, -0.15) is 5.26 Å². The van der Waals surface area contributed by atoms with Crippen molar-refractivity contribution in [3.63, 3.8) is 0 Å². The number of halogens is 4. The lowest BCUT2D eigenvalue weighted by molar-refractivity contribution is 0.445. The van der Waals surface area contributed by atoms with E-state index in [1.54, 1.807) is 18.2 Å². The van der Waals surface area contributed by atoms with Crippen LogP contribution in [0.1, 0.15) is 11.1 Å². The highest BCUT2D eigenvalue weighted by atomic mass is 79.9. The van der Waals surface area contributed by atoms with Gasteiger partial charge in [-0.25, -0.2) is 13.2 Å². The van der Waals surface area contributed by atoms with E-state index in [-0.39, 0.29) is 12.1 Å². The summed E-state index contributed by atoms with van der Waals surface area (Å²) in [5, 5.41) is 11.7. The molecule has 0 atom stereocenters. The molecule has 0 bridgehead atoms. The maximum absolute atomic E-state index is 13.1. The molecule has 0 unspecified atom stereocenters. The van der Waals surface area contributed by atoms with E-state index in [0.717, 1.165) is 12.1 Å². The highest BCUT2D eigenvalue weighted by Crippen LogP contribution is 2.24. The van der Waals surface area contributed by atoms with Crippen LogP contribution in [0.2, 0.25) is 0 Å². The molecular formula is C14H8BrF3N2. The molecule has 1 N–H and O–H groups in total. The van der Waals surface area contributed by atoms with Crippen LogP contribution in [0.5, 0.6) is 0 Å². The molecule has 2 aromatic carbocycles. The van der Waals surface area contributed by atoms with Crippen molar-refractivity contribution in [3.8, 4) is 6.07 Å². The van der Waals surface area contributed by atoms with E-state index in [1.807, 2.05) is 6.07 Å². The van der Waals surface area contributed by atoms with E-state index >= 15 is 0 Å². The second-order valence-electron chi connectivity index (χ2n) is 4.03. The van der Waals surface area contributed by atoms with Gasteiger partial charge in [-0.3, -0.25) is 0 Å². The van der Waals surface area contributed by atoms with Gasteiger partial charge in [0.1, 0.15) is 0 Å².